The summed E-state index contributed by atoms with van der Waals surface area (Å²) in [5.74, 6) is 0.295. The van der Waals surface area contributed by atoms with Gasteiger partial charge in [-0.25, -0.2) is 19.5 Å². The van der Waals surface area contributed by atoms with Crippen LogP contribution < -0.4 is 5.56 Å². The van der Waals surface area contributed by atoms with Crippen molar-refractivity contribution in [3.05, 3.63) is 88.8 Å². The number of aliphatic imine (C=N–C) groups is 1. The van der Waals surface area contributed by atoms with Crippen LogP contribution >= 0.6 is 0 Å². The van der Waals surface area contributed by atoms with Gasteiger partial charge in [0.1, 0.15) is 5.82 Å². The Hall–Kier alpha value is -4.99. The summed E-state index contributed by atoms with van der Waals surface area (Å²) in [6.07, 6.45) is 3.01. The predicted octanol–water partition coefficient (Wildman–Crippen LogP) is 2.83. The number of rotatable bonds is 3. The first kappa shape index (κ1) is 18.8. The number of aromatic hydroxyl groups is 1. The maximum Gasteiger partial charge on any atom is 0.267 e. The van der Waals surface area contributed by atoms with E-state index in [4.69, 9.17) is 0 Å². The van der Waals surface area contributed by atoms with E-state index in [0.717, 1.165) is 10.1 Å². The highest BCUT2D eigenvalue weighted by molar-refractivity contribution is 6.02. The van der Waals surface area contributed by atoms with E-state index in [9.17, 15) is 9.90 Å². The fraction of sp³-hybridized carbons (Fsp3) is 0. The van der Waals surface area contributed by atoms with Crippen LogP contribution in [0.5, 0.6) is 5.88 Å². The van der Waals surface area contributed by atoms with Gasteiger partial charge in [-0.15, -0.1) is 5.10 Å². The molecule has 0 fully saturated rings. The molecule has 1 N–H and O–H groups in total. The smallest absolute Gasteiger partial charge is 0.267 e. The molecule has 0 aliphatic carbocycles. The fourth-order valence-corrected chi connectivity index (χ4v) is 3.79. The van der Waals surface area contributed by atoms with Crippen LogP contribution in [0.3, 0.4) is 0 Å². The second-order valence-electron chi connectivity index (χ2n) is 7.21. The highest BCUT2D eigenvalue weighted by Gasteiger charge is 2.17. The van der Waals surface area contributed by atoms with E-state index in [1.807, 2.05) is 24.3 Å². The predicted molar refractivity (Wildman–Crippen MR) is 122 cm³/mol. The molecule has 4 heterocycles. The van der Waals surface area contributed by atoms with Gasteiger partial charge in [0, 0.05) is 23.2 Å². The molecule has 0 aliphatic rings. The van der Waals surface area contributed by atoms with Crippen LogP contribution in [0.15, 0.2) is 82.7 Å². The Morgan fingerprint density at radius 3 is 2.58 bits per heavy atom. The largest absolute Gasteiger partial charge is 0.494 e. The standard InChI is InChI=1S/C23H14N8O2/c32-22-15-8-2-1-7-14(15)16(23(33)30(22)19-11-5-6-12-24-19)13-25-20-21-27-28-29-31(21)18-10-4-3-9-17(18)26-20/h1-13,33H. The number of pyridine rings is 2. The van der Waals surface area contributed by atoms with E-state index in [0.29, 0.717) is 33.3 Å². The summed E-state index contributed by atoms with van der Waals surface area (Å²) < 4.78 is 2.72. The number of hydrogen-bond donors (Lipinski definition) is 1. The number of nitrogens with zero attached hydrogens (tertiary/aromatic N) is 8. The molecule has 6 aromatic rings. The summed E-state index contributed by atoms with van der Waals surface area (Å²) >= 11 is 0. The SMILES string of the molecule is O=c1c2ccccc2c(C=Nc2nc3ccccc3n3nnnc23)c(O)n1-c1ccccn1. The molecule has 0 amide bonds. The third-order valence-electron chi connectivity index (χ3n) is 5.30. The molecule has 6 rings (SSSR count). The summed E-state index contributed by atoms with van der Waals surface area (Å²) in [5, 5.41) is 23.9. The normalized spacial score (nSPS) is 11.8. The second-order valence-corrected chi connectivity index (χ2v) is 7.21. The van der Waals surface area contributed by atoms with Gasteiger partial charge >= 0.3 is 0 Å². The van der Waals surface area contributed by atoms with Gasteiger partial charge in [0.25, 0.3) is 5.56 Å². The van der Waals surface area contributed by atoms with Crippen molar-refractivity contribution in [2.45, 2.75) is 0 Å². The molecule has 10 nitrogen and oxygen atoms in total. The van der Waals surface area contributed by atoms with Crippen LogP contribution in [-0.4, -0.2) is 45.9 Å². The fourth-order valence-electron chi connectivity index (χ4n) is 3.79. The third kappa shape index (κ3) is 2.92. The number of fused-ring (bicyclic) bond motifs is 4. The molecule has 10 heteroatoms. The molecular weight excluding hydrogens is 420 g/mol. The lowest BCUT2D eigenvalue weighted by atomic mass is 10.1. The van der Waals surface area contributed by atoms with Crippen molar-refractivity contribution >= 4 is 39.5 Å². The first-order chi connectivity index (χ1) is 16.2. The van der Waals surface area contributed by atoms with Gasteiger partial charge in [0.2, 0.25) is 11.5 Å². The third-order valence-corrected chi connectivity index (χ3v) is 5.30. The van der Waals surface area contributed by atoms with Crippen LogP contribution in [0.1, 0.15) is 5.56 Å². The summed E-state index contributed by atoms with van der Waals surface area (Å²) in [4.78, 5) is 26.4. The lowest BCUT2D eigenvalue weighted by molar-refractivity contribution is 0.435. The Balaban J connectivity index is 1.61. The minimum absolute atomic E-state index is 0.276. The van der Waals surface area contributed by atoms with Crippen LogP contribution in [-0.2, 0) is 0 Å². The Morgan fingerprint density at radius 1 is 0.939 bits per heavy atom. The van der Waals surface area contributed by atoms with Gasteiger partial charge in [0.15, 0.2) is 5.82 Å². The lowest BCUT2D eigenvalue weighted by Gasteiger charge is -2.12. The lowest BCUT2D eigenvalue weighted by Crippen LogP contribution is -2.20. The molecule has 2 aromatic carbocycles. The Labute approximate surface area is 185 Å². The number of tetrazole rings is 1. The Bertz CT molecular complexity index is 1760. The summed E-state index contributed by atoms with van der Waals surface area (Å²) in [7, 11) is 0. The maximum atomic E-state index is 13.1. The zero-order valence-corrected chi connectivity index (χ0v) is 16.9. The zero-order valence-electron chi connectivity index (χ0n) is 16.9. The van der Waals surface area contributed by atoms with Crippen molar-refractivity contribution < 1.29 is 5.11 Å². The molecular formula is C23H14N8O2. The molecule has 0 spiro atoms. The molecule has 0 bridgehead atoms. The van der Waals surface area contributed by atoms with Crippen molar-refractivity contribution in [3.8, 4) is 11.7 Å². The van der Waals surface area contributed by atoms with Gasteiger partial charge in [-0.05, 0) is 40.8 Å². The van der Waals surface area contributed by atoms with Crippen molar-refractivity contribution in [2.75, 3.05) is 0 Å². The average molecular weight is 434 g/mol. The van der Waals surface area contributed by atoms with Crippen molar-refractivity contribution in [3.63, 3.8) is 0 Å². The number of hydrogen-bond acceptors (Lipinski definition) is 8. The molecule has 0 unspecified atom stereocenters. The monoisotopic (exact) mass is 434 g/mol. The van der Waals surface area contributed by atoms with E-state index < -0.39 is 0 Å². The van der Waals surface area contributed by atoms with Gasteiger partial charge in [-0.2, -0.15) is 4.52 Å². The molecule has 4 aromatic heterocycles. The highest BCUT2D eigenvalue weighted by atomic mass is 16.3. The van der Waals surface area contributed by atoms with Gasteiger partial charge in [-0.3, -0.25) is 4.79 Å². The minimum atomic E-state index is -0.383. The quantitative estimate of drug-likeness (QED) is 0.425. The van der Waals surface area contributed by atoms with Crippen molar-refractivity contribution in [1.29, 1.82) is 0 Å². The summed E-state index contributed by atoms with van der Waals surface area (Å²) in [6, 6.07) is 19.6. The van der Waals surface area contributed by atoms with Crippen LogP contribution in [0.25, 0.3) is 33.3 Å². The van der Waals surface area contributed by atoms with E-state index in [1.165, 1.54) is 6.21 Å². The van der Waals surface area contributed by atoms with Gasteiger partial charge < -0.3 is 5.11 Å². The summed E-state index contributed by atoms with van der Waals surface area (Å²) in [5.41, 5.74) is 1.74. The maximum absolute atomic E-state index is 13.1. The molecule has 33 heavy (non-hydrogen) atoms. The molecule has 0 atom stereocenters. The summed E-state index contributed by atoms with van der Waals surface area (Å²) in [6.45, 7) is 0. The van der Waals surface area contributed by atoms with Crippen LogP contribution in [0.2, 0.25) is 0 Å². The Kier molecular flexibility index (Phi) is 4.15. The molecule has 0 saturated heterocycles. The molecule has 0 saturated carbocycles. The number of para-hydroxylation sites is 2. The van der Waals surface area contributed by atoms with Crippen LogP contribution in [0, 0.1) is 0 Å². The molecule has 0 radical (unpaired) electrons. The zero-order chi connectivity index (χ0) is 22.4. The minimum Gasteiger partial charge on any atom is -0.494 e. The number of aromatic nitrogens is 7. The highest BCUT2D eigenvalue weighted by Crippen LogP contribution is 2.27. The van der Waals surface area contributed by atoms with Crippen LogP contribution in [0.4, 0.5) is 5.82 Å². The first-order valence-electron chi connectivity index (χ1n) is 10.0. The number of benzene rings is 2. The van der Waals surface area contributed by atoms with Crippen molar-refractivity contribution in [1.82, 2.24) is 34.6 Å². The second kappa shape index (κ2) is 7.31. The molecule has 158 valence electrons. The average Bonchev–Trinajstić information content (AvgIpc) is 3.35. The first-order valence-corrected chi connectivity index (χ1v) is 10.0. The van der Waals surface area contributed by atoms with E-state index >= 15 is 0 Å². The van der Waals surface area contributed by atoms with Gasteiger partial charge in [-0.1, -0.05) is 36.4 Å². The van der Waals surface area contributed by atoms with Gasteiger partial charge in [0.05, 0.1) is 16.6 Å². The van der Waals surface area contributed by atoms with E-state index in [-0.39, 0.29) is 17.3 Å². The topological polar surface area (TPSA) is 123 Å². The van der Waals surface area contributed by atoms with E-state index in [2.05, 4.69) is 30.5 Å². The molecule has 0 aliphatic heterocycles. The Morgan fingerprint density at radius 2 is 1.73 bits per heavy atom. The van der Waals surface area contributed by atoms with E-state index in [1.54, 1.807) is 53.2 Å². The van der Waals surface area contributed by atoms with Crippen molar-refractivity contribution in [2.24, 2.45) is 4.99 Å².